The molecule has 2 aliphatic rings. The molecular weight excluding hydrogens is 425 g/mol. The summed E-state index contributed by atoms with van der Waals surface area (Å²) < 4.78 is 11.6. The van der Waals surface area contributed by atoms with Crippen LogP contribution in [0.2, 0.25) is 0 Å². The van der Waals surface area contributed by atoms with E-state index in [0.717, 1.165) is 12.8 Å². The Hall–Kier alpha value is -2.31. The number of ether oxygens (including phenoxy) is 2. The van der Waals surface area contributed by atoms with E-state index in [1.165, 1.54) is 34.7 Å². The van der Waals surface area contributed by atoms with E-state index >= 15 is 0 Å². The predicted octanol–water partition coefficient (Wildman–Crippen LogP) is 1.86. The first-order valence-electron chi connectivity index (χ1n) is 10.5. The molecule has 0 bridgehead atoms. The lowest BCUT2D eigenvalue weighted by Gasteiger charge is -2.53. The molecule has 2 aromatic carbocycles. The molecular formula is C24H34N3O4P. The van der Waals surface area contributed by atoms with Crippen LogP contribution in [0, 0.1) is 5.41 Å². The van der Waals surface area contributed by atoms with Gasteiger partial charge in [-0.3, -0.25) is 4.79 Å². The number of nitrogens with zero attached hydrogens (tertiary/aromatic N) is 1. The SMILES string of the molecule is CN.CO[C@@H]1O[C@H](C)CN2c3ccc(-c4ccccc4P)cc3C[C@@](C)(C=O)[C@@H]12.NC=O. The first-order chi connectivity index (χ1) is 15.4. The number of rotatable bonds is 3. The normalized spacial score (nSPS) is 25.7. The topological polar surface area (TPSA) is 108 Å². The second kappa shape index (κ2) is 11.5. The van der Waals surface area contributed by atoms with Gasteiger partial charge in [-0.05, 0) is 54.5 Å². The number of amides is 1. The van der Waals surface area contributed by atoms with Crippen molar-refractivity contribution in [2.45, 2.75) is 38.7 Å². The largest absolute Gasteiger partial charge is 0.372 e. The number of carbonyl (C=O) groups is 2. The average molecular weight is 460 g/mol. The number of methoxy groups -OCH3 is 1. The van der Waals surface area contributed by atoms with Crippen LogP contribution in [0.5, 0.6) is 0 Å². The zero-order valence-electron chi connectivity index (χ0n) is 19.2. The Kier molecular flexibility index (Phi) is 9.34. The number of benzene rings is 2. The van der Waals surface area contributed by atoms with Crippen LogP contribution in [-0.4, -0.2) is 51.8 Å². The Balaban J connectivity index is 0.000000671. The van der Waals surface area contributed by atoms with Crippen molar-refractivity contribution in [2.24, 2.45) is 16.9 Å². The van der Waals surface area contributed by atoms with Crippen LogP contribution in [0.1, 0.15) is 19.4 Å². The Bertz CT molecular complexity index is 926. The molecule has 7 nitrogen and oxygen atoms in total. The maximum atomic E-state index is 12.2. The lowest BCUT2D eigenvalue weighted by Crippen LogP contribution is -2.64. The van der Waals surface area contributed by atoms with Gasteiger partial charge in [0.05, 0.1) is 17.6 Å². The van der Waals surface area contributed by atoms with Crippen molar-refractivity contribution in [2.75, 3.05) is 25.6 Å². The fourth-order valence-electron chi connectivity index (χ4n) is 4.54. The van der Waals surface area contributed by atoms with Crippen LogP contribution in [-0.2, 0) is 25.5 Å². The number of nitrogens with two attached hydrogens (primary N) is 2. The molecule has 5 atom stereocenters. The van der Waals surface area contributed by atoms with Crippen LogP contribution < -0.4 is 21.7 Å². The van der Waals surface area contributed by atoms with Crippen LogP contribution >= 0.6 is 9.24 Å². The Labute approximate surface area is 192 Å². The molecule has 0 radical (unpaired) electrons. The van der Waals surface area contributed by atoms with Gasteiger partial charge in [0.25, 0.3) is 0 Å². The van der Waals surface area contributed by atoms with E-state index in [-0.39, 0.29) is 18.6 Å². The van der Waals surface area contributed by atoms with Gasteiger partial charge in [0, 0.05) is 19.3 Å². The number of hydrogen-bond acceptors (Lipinski definition) is 6. The molecule has 2 heterocycles. The molecule has 1 amide bonds. The number of morpholine rings is 1. The second-order valence-corrected chi connectivity index (χ2v) is 8.64. The van der Waals surface area contributed by atoms with E-state index in [9.17, 15) is 4.79 Å². The summed E-state index contributed by atoms with van der Waals surface area (Å²) >= 11 is 0. The number of primary amides is 1. The summed E-state index contributed by atoms with van der Waals surface area (Å²) in [4.78, 5) is 23.1. The lowest BCUT2D eigenvalue weighted by atomic mass is 9.72. The summed E-state index contributed by atoms with van der Waals surface area (Å²) in [6, 6.07) is 14.8. The van der Waals surface area contributed by atoms with E-state index in [4.69, 9.17) is 14.3 Å². The number of fused-ring (bicyclic) bond motifs is 3. The van der Waals surface area contributed by atoms with Gasteiger partial charge < -0.3 is 30.6 Å². The summed E-state index contributed by atoms with van der Waals surface area (Å²) in [6.07, 6.45) is 1.64. The maximum Gasteiger partial charge on any atom is 0.204 e. The predicted molar refractivity (Wildman–Crippen MR) is 132 cm³/mol. The van der Waals surface area contributed by atoms with Crippen molar-refractivity contribution in [1.29, 1.82) is 0 Å². The fourth-order valence-corrected chi connectivity index (χ4v) is 4.92. The summed E-state index contributed by atoms with van der Waals surface area (Å²) in [5, 5.41) is 1.17. The molecule has 4 rings (SSSR count). The van der Waals surface area contributed by atoms with Crippen LogP contribution in [0.4, 0.5) is 5.69 Å². The van der Waals surface area contributed by atoms with E-state index in [1.807, 2.05) is 19.9 Å². The van der Waals surface area contributed by atoms with Crippen molar-refractivity contribution in [3.05, 3.63) is 48.0 Å². The summed E-state index contributed by atoms with van der Waals surface area (Å²) in [6.45, 7) is 4.82. The Morgan fingerprint density at radius 3 is 2.47 bits per heavy atom. The summed E-state index contributed by atoms with van der Waals surface area (Å²) in [5.41, 5.74) is 12.9. The first kappa shape index (κ1) is 25.9. The van der Waals surface area contributed by atoms with E-state index < -0.39 is 11.7 Å². The van der Waals surface area contributed by atoms with Crippen LogP contribution in [0.25, 0.3) is 11.1 Å². The number of carbonyl (C=O) groups excluding carboxylic acids is 2. The van der Waals surface area contributed by atoms with Gasteiger partial charge in [-0.2, -0.15) is 0 Å². The zero-order valence-corrected chi connectivity index (χ0v) is 20.3. The maximum absolute atomic E-state index is 12.2. The average Bonchev–Trinajstić information content (AvgIpc) is 2.80. The molecule has 8 heteroatoms. The first-order valence-corrected chi connectivity index (χ1v) is 11.1. The highest BCUT2D eigenvalue weighted by molar-refractivity contribution is 7.28. The standard InChI is InChI=1S/C22H26NO3P.CH3NO.CH5N/c1-14-12-23-18-9-8-15(17-6-4-5-7-19(17)27)10-16(18)11-22(2,13-24)20(23)21(25-3)26-14;2-1-3;1-2/h4-10,13-14,20-21H,11-12,27H2,1-3H3;1H,(H2,2,3);2H2,1H3/t14-,20-,21-,22+;;/m1../s1. The van der Waals surface area contributed by atoms with E-state index in [0.29, 0.717) is 6.42 Å². The van der Waals surface area contributed by atoms with Gasteiger partial charge >= 0.3 is 0 Å². The summed E-state index contributed by atoms with van der Waals surface area (Å²) in [5.74, 6) is 0. The van der Waals surface area contributed by atoms with Crippen LogP contribution in [0.3, 0.4) is 0 Å². The molecule has 0 saturated carbocycles. The number of anilines is 1. The van der Waals surface area contributed by atoms with Gasteiger partial charge in [-0.15, -0.1) is 9.24 Å². The van der Waals surface area contributed by atoms with Crippen molar-refractivity contribution < 1.29 is 19.1 Å². The Morgan fingerprint density at radius 1 is 1.22 bits per heavy atom. The molecule has 0 spiro atoms. The smallest absolute Gasteiger partial charge is 0.204 e. The van der Waals surface area contributed by atoms with Gasteiger partial charge in [-0.1, -0.05) is 37.3 Å². The van der Waals surface area contributed by atoms with Crippen LogP contribution in [0.15, 0.2) is 42.5 Å². The highest BCUT2D eigenvalue weighted by Gasteiger charge is 2.51. The third-order valence-corrected chi connectivity index (χ3v) is 6.33. The molecule has 1 saturated heterocycles. The molecule has 0 aromatic heterocycles. The van der Waals surface area contributed by atoms with Crippen molar-refractivity contribution >= 4 is 32.9 Å². The van der Waals surface area contributed by atoms with Crippen molar-refractivity contribution in [3.63, 3.8) is 0 Å². The highest BCUT2D eigenvalue weighted by Crippen LogP contribution is 2.45. The molecule has 4 N–H and O–H groups in total. The zero-order chi connectivity index (χ0) is 23.9. The quantitative estimate of drug-likeness (QED) is 0.536. The number of aldehydes is 1. The Morgan fingerprint density at radius 2 is 1.88 bits per heavy atom. The molecule has 32 heavy (non-hydrogen) atoms. The van der Waals surface area contributed by atoms with Gasteiger partial charge in [0.1, 0.15) is 6.29 Å². The van der Waals surface area contributed by atoms with Gasteiger partial charge in [-0.25, -0.2) is 0 Å². The molecule has 2 aromatic rings. The number of hydrogen-bond donors (Lipinski definition) is 2. The summed E-state index contributed by atoms with van der Waals surface area (Å²) in [7, 11) is 5.96. The monoisotopic (exact) mass is 459 g/mol. The minimum absolute atomic E-state index is 0.0421. The fraction of sp³-hybridized carbons (Fsp3) is 0.417. The minimum Gasteiger partial charge on any atom is -0.372 e. The van der Waals surface area contributed by atoms with Gasteiger partial charge in [0.15, 0.2) is 6.29 Å². The third-order valence-electron chi connectivity index (χ3n) is 5.82. The molecule has 2 aliphatic heterocycles. The van der Waals surface area contributed by atoms with Crippen molar-refractivity contribution in [3.8, 4) is 11.1 Å². The minimum atomic E-state index is -0.563. The molecule has 0 aliphatic carbocycles. The highest BCUT2D eigenvalue weighted by atomic mass is 31.0. The molecule has 1 fully saturated rings. The third kappa shape index (κ3) is 5.18. The van der Waals surface area contributed by atoms with Crippen molar-refractivity contribution in [1.82, 2.24) is 0 Å². The lowest BCUT2D eigenvalue weighted by molar-refractivity contribution is -0.195. The van der Waals surface area contributed by atoms with E-state index in [2.05, 4.69) is 62.0 Å². The second-order valence-electron chi connectivity index (χ2n) is 8.02. The molecule has 174 valence electrons. The van der Waals surface area contributed by atoms with E-state index in [1.54, 1.807) is 7.11 Å². The molecule has 1 unspecified atom stereocenters. The van der Waals surface area contributed by atoms with Gasteiger partial charge in [0.2, 0.25) is 6.41 Å².